The maximum atomic E-state index is 13.7. The van der Waals surface area contributed by atoms with E-state index >= 15 is 0 Å². The molecule has 0 saturated carbocycles. The maximum absolute atomic E-state index is 13.7. The van der Waals surface area contributed by atoms with Crippen LogP contribution in [0.25, 0.3) is 11.3 Å². The quantitative estimate of drug-likeness (QED) is 0.919. The number of halogens is 2. The zero-order chi connectivity index (χ0) is 11.5. The Morgan fingerprint density at radius 1 is 1.19 bits per heavy atom. The number of hydrogen-bond acceptors (Lipinski definition) is 3. The molecular weight excluding hydrogens is 273 g/mol. The molecule has 0 saturated heterocycles. The highest BCUT2D eigenvalue weighted by atomic mass is 79.9. The van der Waals surface area contributed by atoms with Gasteiger partial charge in [-0.3, -0.25) is 0 Å². The predicted molar refractivity (Wildman–Crippen MR) is 64.7 cm³/mol. The maximum Gasteiger partial charge on any atom is 0.148 e. The molecule has 1 aromatic heterocycles. The monoisotopic (exact) mass is 281 g/mol. The number of hydrogen-bond donors (Lipinski definition) is 1. The van der Waals surface area contributed by atoms with Gasteiger partial charge in [0.1, 0.15) is 11.6 Å². The first-order valence-electron chi connectivity index (χ1n) is 4.68. The van der Waals surface area contributed by atoms with Crippen LogP contribution < -0.4 is 5.32 Å². The molecular formula is C11H9BrFN3. The van der Waals surface area contributed by atoms with E-state index in [0.29, 0.717) is 21.5 Å². The average Bonchev–Trinajstić information content (AvgIpc) is 2.33. The van der Waals surface area contributed by atoms with Gasteiger partial charge >= 0.3 is 0 Å². The Bertz CT molecular complexity index is 499. The average molecular weight is 282 g/mol. The number of aromatic nitrogens is 2. The van der Waals surface area contributed by atoms with E-state index in [1.807, 2.05) is 0 Å². The highest BCUT2D eigenvalue weighted by molar-refractivity contribution is 9.10. The molecule has 3 nitrogen and oxygen atoms in total. The first-order chi connectivity index (χ1) is 7.72. The van der Waals surface area contributed by atoms with Crippen molar-refractivity contribution in [3.63, 3.8) is 0 Å². The van der Waals surface area contributed by atoms with Crippen LogP contribution in [0.15, 0.2) is 34.8 Å². The van der Waals surface area contributed by atoms with E-state index in [1.165, 1.54) is 0 Å². The lowest BCUT2D eigenvalue weighted by Gasteiger charge is -2.04. The SMILES string of the molecule is CNc1ccc(-c2cccc(Br)c2F)nn1. The lowest BCUT2D eigenvalue weighted by Crippen LogP contribution is -1.96. The van der Waals surface area contributed by atoms with Crippen molar-refractivity contribution in [1.29, 1.82) is 0 Å². The largest absolute Gasteiger partial charge is 0.372 e. The minimum atomic E-state index is -0.325. The fraction of sp³-hybridized carbons (Fsp3) is 0.0909. The van der Waals surface area contributed by atoms with E-state index in [-0.39, 0.29) is 5.82 Å². The van der Waals surface area contributed by atoms with Crippen molar-refractivity contribution in [2.75, 3.05) is 12.4 Å². The summed E-state index contributed by atoms with van der Waals surface area (Å²) in [5.74, 6) is 0.327. The summed E-state index contributed by atoms with van der Waals surface area (Å²) in [5.41, 5.74) is 0.947. The van der Waals surface area contributed by atoms with Crippen molar-refractivity contribution < 1.29 is 4.39 Å². The van der Waals surface area contributed by atoms with Gasteiger partial charge in [0.15, 0.2) is 0 Å². The molecule has 0 aliphatic heterocycles. The molecule has 16 heavy (non-hydrogen) atoms. The van der Waals surface area contributed by atoms with Gasteiger partial charge in [-0.05, 0) is 40.2 Å². The van der Waals surface area contributed by atoms with Crippen LogP contribution in [0.5, 0.6) is 0 Å². The van der Waals surface area contributed by atoms with Gasteiger partial charge in [-0.15, -0.1) is 10.2 Å². The molecule has 2 aromatic rings. The highest BCUT2D eigenvalue weighted by Crippen LogP contribution is 2.26. The van der Waals surface area contributed by atoms with Crippen LogP contribution in [-0.2, 0) is 0 Å². The molecule has 0 spiro atoms. The Kier molecular flexibility index (Phi) is 3.14. The molecule has 1 N–H and O–H groups in total. The fourth-order valence-corrected chi connectivity index (χ4v) is 1.68. The molecule has 0 fully saturated rings. The molecule has 0 amide bonds. The van der Waals surface area contributed by atoms with Gasteiger partial charge in [-0.1, -0.05) is 6.07 Å². The molecule has 0 bridgehead atoms. The van der Waals surface area contributed by atoms with Gasteiger partial charge in [-0.2, -0.15) is 0 Å². The minimum Gasteiger partial charge on any atom is -0.372 e. The van der Waals surface area contributed by atoms with E-state index in [0.717, 1.165) is 0 Å². The Morgan fingerprint density at radius 2 is 2.00 bits per heavy atom. The van der Waals surface area contributed by atoms with Gasteiger partial charge in [0.05, 0.1) is 10.2 Å². The third-order valence-electron chi connectivity index (χ3n) is 2.15. The molecule has 1 aromatic carbocycles. The molecule has 0 aliphatic rings. The van der Waals surface area contributed by atoms with Crippen molar-refractivity contribution >= 4 is 21.7 Å². The minimum absolute atomic E-state index is 0.325. The normalized spacial score (nSPS) is 10.2. The summed E-state index contributed by atoms with van der Waals surface area (Å²) in [4.78, 5) is 0. The van der Waals surface area contributed by atoms with Crippen LogP contribution in [0.1, 0.15) is 0 Å². The third-order valence-corrected chi connectivity index (χ3v) is 2.76. The van der Waals surface area contributed by atoms with Gasteiger partial charge in [-0.25, -0.2) is 4.39 Å². The molecule has 5 heteroatoms. The summed E-state index contributed by atoms with van der Waals surface area (Å²) in [6.45, 7) is 0. The second-order valence-electron chi connectivity index (χ2n) is 3.16. The topological polar surface area (TPSA) is 37.8 Å². The van der Waals surface area contributed by atoms with Crippen molar-refractivity contribution in [3.05, 3.63) is 40.6 Å². The first-order valence-corrected chi connectivity index (χ1v) is 5.47. The second-order valence-corrected chi connectivity index (χ2v) is 4.01. The van der Waals surface area contributed by atoms with Crippen LogP contribution in [0.2, 0.25) is 0 Å². The molecule has 1 heterocycles. The molecule has 82 valence electrons. The predicted octanol–water partition coefficient (Wildman–Crippen LogP) is 3.09. The van der Waals surface area contributed by atoms with Crippen LogP contribution >= 0.6 is 15.9 Å². The zero-order valence-corrected chi connectivity index (χ0v) is 10.1. The van der Waals surface area contributed by atoms with Crippen LogP contribution in [0.3, 0.4) is 0 Å². The van der Waals surface area contributed by atoms with Crippen molar-refractivity contribution in [1.82, 2.24) is 10.2 Å². The highest BCUT2D eigenvalue weighted by Gasteiger charge is 2.09. The van der Waals surface area contributed by atoms with Crippen LogP contribution in [-0.4, -0.2) is 17.2 Å². The zero-order valence-electron chi connectivity index (χ0n) is 8.54. The molecule has 0 radical (unpaired) electrons. The molecule has 2 rings (SSSR count). The third kappa shape index (κ3) is 2.04. The number of anilines is 1. The smallest absolute Gasteiger partial charge is 0.148 e. The van der Waals surface area contributed by atoms with Gasteiger partial charge in [0, 0.05) is 12.6 Å². The van der Waals surface area contributed by atoms with E-state index in [4.69, 9.17) is 0 Å². The number of rotatable bonds is 2. The Balaban J connectivity index is 2.46. The van der Waals surface area contributed by atoms with E-state index in [9.17, 15) is 4.39 Å². The van der Waals surface area contributed by atoms with E-state index in [1.54, 1.807) is 37.4 Å². The Labute approximate surface area is 101 Å². The van der Waals surface area contributed by atoms with Gasteiger partial charge < -0.3 is 5.32 Å². The summed E-state index contributed by atoms with van der Waals surface area (Å²) in [5, 5.41) is 10.7. The lowest BCUT2D eigenvalue weighted by molar-refractivity contribution is 0.623. The van der Waals surface area contributed by atoms with Gasteiger partial charge in [0.25, 0.3) is 0 Å². The van der Waals surface area contributed by atoms with Crippen molar-refractivity contribution in [2.45, 2.75) is 0 Å². The number of nitrogens with zero attached hydrogens (tertiary/aromatic N) is 2. The second kappa shape index (κ2) is 4.57. The summed E-state index contributed by atoms with van der Waals surface area (Å²) in [6, 6.07) is 8.56. The van der Waals surface area contributed by atoms with Crippen LogP contribution in [0.4, 0.5) is 10.2 Å². The fourth-order valence-electron chi connectivity index (χ4n) is 1.31. The summed E-state index contributed by atoms with van der Waals surface area (Å²) < 4.78 is 14.2. The Hall–Kier alpha value is -1.49. The standard InChI is InChI=1S/C11H9BrFN3/c1-14-10-6-5-9(15-16-10)7-3-2-4-8(12)11(7)13/h2-6H,1H3,(H,14,16). The van der Waals surface area contributed by atoms with Crippen molar-refractivity contribution in [2.24, 2.45) is 0 Å². The molecule has 0 aliphatic carbocycles. The van der Waals surface area contributed by atoms with Crippen LogP contribution in [0, 0.1) is 5.82 Å². The summed E-state index contributed by atoms with van der Waals surface area (Å²) in [6.07, 6.45) is 0. The van der Waals surface area contributed by atoms with Crippen molar-refractivity contribution in [3.8, 4) is 11.3 Å². The summed E-state index contributed by atoms with van der Waals surface area (Å²) >= 11 is 3.14. The molecule has 0 unspecified atom stereocenters. The lowest BCUT2D eigenvalue weighted by atomic mass is 10.1. The number of nitrogens with one attached hydrogen (secondary N) is 1. The Morgan fingerprint density at radius 3 is 2.62 bits per heavy atom. The van der Waals surface area contributed by atoms with Gasteiger partial charge in [0.2, 0.25) is 0 Å². The van der Waals surface area contributed by atoms with E-state index < -0.39 is 0 Å². The first kappa shape index (κ1) is 11.0. The number of benzene rings is 1. The summed E-state index contributed by atoms with van der Waals surface area (Å²) in [7, 11) is 1.75. The van der Waals surface area contributed by atoms with E-state index in [2.05, 4.69) is 31.4 Å². The molecule has 0 atom stereocenters.